The summed E-state index contributed by atoms with van der Waals surface area (Å²) >= 11 is 0. The van der Waals surface area contributed by atoms with E-state index in [2.05, 4.69) is 9.44 Å². The van der Waals surface area contributed by atoms with Crippen LogP contribution in [0.3, 0.4) is 0 Å². The number of rotatable bonds is 8. The van der Waals surface area contributed by atoms with Crippen LogP contribution in [0.25, 0.3) is 0 Å². The molecule has 0 aliphatic carbocycles. The van der Waals surface area contributed by atoms with Gasteiger partial charge in [0.15, 0.2) is 0 Å². The van der Waals surface area contributed by atoms with Crippen LogP contribution in [0.4, 0.5) is 15.8 Å². The molecule has 3 rings (SSSR count). The molecule has 0 spiro atoms. The number of halogens is 1. The number of hydrogen-bond acceptors (Lipinski definition) is 6. The first-order valence-electron chi connectivity index (χ1n) is 8.78. The van der Waals surface area contributed by atoms with Gasteiger partial charge in [-0.1, -0.05) is 0 Å². The summed E-state index contributed by atoms with van der Waals surface area (Å²) in [7, 11) is -5.21. The van der Waals surface area contributed by atoms with E-state index >= 15 is 0 Å². The van der Waals surface area contributed by atoms with Crippen molar-refractivity contribution in [2.45, 2.75) is 9.79 Å². The van der Waals surface area contributed by atoms with Gasteiger partial charge in [0.05, 0.1) is 35.4 Å². The summed E-state index contributed by atoms with van der Waals surface area (Å²) in [4.78, 5) is -0.169. The predicted octanol–water partition coefficient (Wildman–Crippen LogP) is 3.44. The first kappa shape index (κ1) is 22.4. The monoisotopic (exact) mass is 466 g/mol. The van der Waals surface area contributed by atoms with Gasteiger partial charge in [-0.2, -0.15) is 0 Å². The molecule has 0 unspecified atom stereocenters. The quantitative estimate of drug-likeness (QED) is 0.526. The highest BCUT2D eigenvalue weighted by Gasteiger charge is 2.19. The first-order valence-corrected chi connectivity index (χ1v) is 11.7. The lowest BCUT2D eigenvalue weighted by molar-refractivity contribution is 0.414. The molecule has 0 aliphatic heterocycles. The van der Waals surface area contributed by atoms with Crippen molar-refractivity contribution in [2.24, 2.45) is 0 Å². The average Bonchev–Trinajstić information content (AvgIpc) is 2.74. The maximum Gasteiger partial charge on any atom is 0.262 e. The van der Waals surface area contributed by atoms with E-state index < -0.39 is 25.9 Å². The van der Waals surface area contributed by atoms with Crippen molar-refractivity contribution in [1.29, 1.82) is 0 Å². The van der Waals surface area contributed by atoms with E-state index in [0.717, 1.165) is 24.3 Å². The highest BCUT2D eigenvalue weighted by molar-refractivity contribution is 7.93. The zero-order valence-corrected chi connectivity index (χ0v) is 18.1. The molecule has 0 atom stereocenters. The Hall–Kier alpha value is -3.31. The molecule has 0 aliphatic rings. The number of ether oxygens (including phenoxy) is 2. The van der Waals surface area contributed by atoms with E-state index in [-0.39, 0.29) is 26.9 Å². The van der Waals surface area contributed by atoms with Gasteiger partial charge in [-0.3, -0.25) is 9.44 Å². The molecule has 0 aromatic heterocycles. The largest absolute Gasteiger partial charge is 0.497 e. The highest BCUT2D eigenvalue weighted by atomic mass is 32.2. The molecule has 164 valence electrons. The number of benzene rings is 3. The molecule has 3 aromatic rings. The van der Waals surface area contributed by atoms with Crippen LogP contribution in [0.15, 0.2) is 76.5 Å². The average molecular weight is 467 g/mol. The fourth-order valence-electron chi connectivity index (χ4n) is 2.64. The molecular weight excluding hydrogens is 447 g/mol. The van der Waals surface area contributed by atoms with Gasteiger partial charge in [0.2, 0.25) is 0 Å². The van der Waals surface area contributed by atoms with Crippen molar-refractivity contribution in [2.75, 3.05) is 23.7 Å². The standard InChI is InChI=1S/C20H19FN2O6S2/c1-28-16-6-10-18(11-7-16)30(24,25)22-15-5-12-20(29-2)19(13-15)23-31(26,27)17-8-3-14(21)4-9-17/h3-13,22-23H,1-2H3. The number of anilines is 2. The zero-order valence-electron chi connectivity index (χ0n) is 16.5. The summed E-state index contributed by atoms with van der Waals surface area (Å²) in [5.74, 6) is 0.0884. The van der Waals surface area contributed by atoms with Gasteiger partial charge >= 0.3 is 0 Å². The van der Waals surface area contributed by atoms with E-state index in [0.29, 0.717) is 5.75 Å². The lowest BCUT2D eigenvalue weighted by Gasteiger charge is -2.15. The zero-order chi connectivity index (χ0) is 22.6. The van der Waals surface area contributed by atoms with Crippen LogP contribution in [0.2, 0.25) is 0 Å². The Bertz CT molecular complexity index is 1280. The van der Waals surface area contributed by atoms with E-state index in [9.17, 15) is 21.2 Å². The first-order chi connectivity index (χ1) is 14.6. The predicted molar refractivity (Wildman–Crippen MR) is 114 cm³/mol. The fraction of sp³-hybridized carbons (Fsp3) is 0.100. The Morgan fingerprint density at radius 3 is 1.81 bits per heavy atom. The minimum absolute atomic E-state index is 0.00163. The Balaban J connectivity index is 1.90. The topological polar surface area (TPSA) is 111 Å². The molecule has 11 heteroatoms. The van der Waals surface area contributed by atoms with Crippen LogP contribution >= 0.6 is 0 Å². The van der Waals surface area contributed by atoms with Crippen molar-refractivity contribution >= 4 is 31.4 Å². The summed E-state index contributed by atoms with van der Waals surface area (Å²) in [6, 6.07) is 14.1. The van der Waals surface area contributed by atoms with Gasteiger partial charge in [0, 0.05) is 0 Å². The summed E-state index contributed by atoms with van der Waals surface area (Å²) in [5.41, 5.74) is 0.107. The van der Waals surface area contributed by atoms with Gasteiger partial charge in [-0.25, -0.2) is 21.2 Å². The van der Waals surface area contributed by atoms with E-state index in [1.54, 1.807) is 0 Å². The third-order valence-electron chi connectivity index (χ3n) is 4.19. The molecule has 2 N–H and O–H groups in total. The molecule has 0 saturated heterocycles. The smallest absolute Gasteiger partial charge is 0.262 e. The lowest BCUT2D eigenvalue weighted by Crippen LogP contribution is -2.15. The second-order valence-corrected chi connectivity index (χ2v) is 9.62. The van der Waals surface area contributed by atoms with Gasteiger partial charge in [-0.05, 0) is 66.7 Å². The molecule has 0 saturated carbocycles. The number of methoxy groups -OCH3 is 2. The van der Waals surface area contributed by atoms with Crippen molar-refractivity contribution in [3.05, 3.63) is 72.5 Å². The highest BCUT2D eigenvalue weighted by Crippen LogP contribution is 2.31. The maximum absolute atomic E-state index is 13.1. The van der Waals surface area contributed by atoms with Crippen LogP contribution in [-0.2, 0) is 20.0 Å². The van der Waals surface area contributed by atoms with E-state index in [4.69, 9.17) is 9.47 Å². The molecule has 8 nitrogen and oxygen atoms in total. The Morgan fingerprint density at radius 1 is 0.710 bits per heavy atom. The minimum Gasteiger partial charge on any atom is -0.497 e. The second-order valence-electron chi connectivity index (χ2n) is 6.26. The Morgan fingerprint density at radius 2 is 1.26 bits per heavy atom. The number of nitrogens with one attached hydrogen (secondary N) is 2. The molecule has 0 fully saturated rings. The van der Waals surface area contributed by atoms with Crippen LogP contribution in [0, 0.1) is 5.82 Å². The Kier molecular flexibility index (Phi) is 6.37. The maximum atomic E-state index is 13.1. The van der Waals surface area contributed by atoms with Crippen molar-refractivity contribution in [3.8, 4) is 11.5 Å². The Labute approximate surface area is 179 Å². The van der Waals surface area contributed by atoms with Crippen LogP contribution in [-0.4, -0.2) is 31.1 Å². The molecular formula is C20H19FN2O6S2. The minimum atomic E-state index is -4.07. The molecule has 31 heavy (non-hydrogen) atoms. The van der Waals surface area contributed by atoms with Crippen molar-refractivity contribution in [1.82, 2.24) is 0 Å². The molecule has 0 heterocycles. The van der Waals surface area contributed by atoms with E-state index in [1.165, 1.54) is 56.7 Å². The van der Waals surface area contributed by atoms with Gasteiger partial charge in [0.25, 0.3) is 20.0 Å². The van der Waals surface area contributed by atoms with Gasteiger partial charge < -0.3 is 9.47 Å². The summed E-state index contributed by atoms with van der Waals surface area (Å²) in [5, 5.41) is 0. The lowest BCUT2D eigenvalue weighted by atomic mass is 10.2. The molecule has 3 aromatic carbocycles. The van der Waals surface area contributed by atoms with Crippen LogP contribution < -0.4 is 18.9 Å². The molecule has 0 bridgehead atoms. The van der Waals surface area contributed by atoms with Gasteiger partial charge in [-0.15, -0.1) is 0 Å². The van der Waals surface area contributed by atoms with Crippen molar-refractivity contribution in [3.63, 3.8) is 0 Å². The summed E-state index contributed by atoms with van der Waals surface area (Å²) in [6.07, 6.45) is 0. The fourth-order valence-corrected chi connectivity index (χ4v) is 4.75. The molecule has 0 amide bonds. The third-order valence-corrected chi connectivity index (χ3v) is 6.97. The summed E-state index contributed by atoms with van der Waals surface area (Å²) < 4.78 is 78.5. The number of hydrogen-bond donors (Lipinski definition) is 2. The van der Waals surface area contributed by atoms with Crippen LogP contribution in [0.1, 0.15) is 0 Å². The van der Waals surface area contributed by atoms with E-state index in [1.807, 2.05) is 0 Å². The SMILES string of the molecule is COc1ccc(S(=O)(=O)Nc2ccc(OC)c(NS(=O)(=O)c3ccc(F)cc3)c2)cc1. The van der Waals surface area contributed by atoms with Crippen LogP contribution in [0.5, 0.6) is 11.5 Å². The molecule has 0 radical (unpaired) electrons. The third kappa shape index (κ3) is 5.25. The summed E-state index contributed by atoms with van der Waals surface area (Å²) in [6.45, 7) is 0. The van der Waals surface area contributed by atoms with Gasteiger partial charge in [0.1, 0.15) is 17.3 Å². The number of sulfonamides is 2. The van der Waals surface area contributed by atoms with Crippen molar-refractivity contribution < 1.29 is 30.7 Å². The second kappa shape index (κ2) is 8.82. The normalized spacial score (nSPS) is 11.6.